The summed E-state index contributed by atoms with van der Waals surface area (Å²) in [5.74, 6) is -0.465. The fourth-order valence-electron chi connectivity index (χ4n) is 6.26. The summed E-state index contributed by atoms with van der Waals surface area (Å²) < 4.78 is 65.4. The zero-order valence-corrected chi connectivity index (χ0v) is 28.6. The maximum atomic E-state index is 14.1. The fourth-order valence-corrected chi connectivity index (χ4v) is 6.26. The average molecular weight is 687 g/mol. The Morgan fingerprint density at radius 1 is 1.10 bits per heavy atom. The average Bonchev–Trinajstić information content (AvgIpc) is 3.47. The summed E-state index contributed by atoms with van der Waals surface area (Å²) in [6.45, 7) is 12.2. The summed E-state index contributed by atoms with van der Waals surface area (Å²) in [4.78, 5) is 40.0. The molecule has 15 heteroatoms. The molecule has 11 nitrogen and oxygen atoms in total. The molecule has 5 rings (SSSR count). The molecular weight excluding hydrogens is 644 g/mol. The van der Waals surface area contributed by atoms with E-state index in [4.69, 9.17) is 9.47 Å². The molecule has 0 bridgehead atoms. The Labute approximate surface area is 282 Å². The number of fused-ring (bicyclic) bond motifs is 1. The fraction of sp³-hybridized carbons (Fsp3) is 0.500. The minimum absolute atomic E-state index is 0.102. The molecule has 0 unspecified atom stereocenters. The Morgan fingerprint density at radius 3 is 2.53 bits per heavy atom. The van der Waals surface area contributed by atoms with Crippen molar-refractivity contribution >= 4 is 28.6 Å². The van der Waals surface area contributed by atoms with Gasteiger partial charge in [0.05, 0.1) is 49.0 Å². The lowest BCUT2D eigenvalue weighted by molar-refractivity contribution is -0.143. The number of H-pyrrole nitrogens is 1. The molecule has 1 aromatic carbocycles. The number of anilines is 2. The first kappa shape index (κ1) is 35.9. The Balaban J connectivity index is 1.44. The van der Waals surface area contributed by atoms with E-state index in [1.54, 1.807) is 32.5 Å². The topological polar surface area (TPSA) is 113 Å². The number of rotatable bonds is 12. The molecule has 3 aromatic heterocycles. The highest BCUT2D eigenvalue weighted by Crippen LogP contribution is 2.37. The number of nitrogens with one attached hydrogen (secondary N) is 1. The van der Waals surface area contributed by atoms with Crippen LogP contribution in [0.15, 0.2) is 36.7 Å². The molecule has 1 atom stereocenters. The number of nitrogens with zero attached hydrogens (tertiary/aromatic N) is 7. The van der Waals surface area contributed by atoms with Crippen LogP contribution in [0.5, 0.6) is 0 Å². The number of pyridine rings is 1. The second kappa shape index (κ2) is 14.6. The molecule has 1 saturated heterocycles. The first-order valence-electron chi connectivity index (χ1n) is 16.1. The van der Waals surface area contributed by atoms with Crippen LogP contribution in [0, 0.1) is 11.2 Å². The van der Waals surface area contributed by atoms with Crippen LogP contribution in [0.3, 0.4) is 0 Å². The molecule has 1 aliphatic rings. The van der Waals surface area contributed by atoms with Crippen molar-refractivity contribution in [2.75, 3.05) is 69.9 Å². The van der Waals surface area contributed by atoms with Crippen LogP contribution in [0.4, 0.5) is 29.1 Å². The van der Waals surface area contributed by atoms with E-state index in [-0.39, 0.29) is 34.3 Å². The van der Waals surface area contributed by atoms with Crippen LogP contribution in [-0.4, -0.2) is 102 Å². The molecule has 0 spiro atoms. The van der Waals surface area contributed by atoms with E-state index in [1.165, 1.54) is 6.07 Å². The number of carbonyl (C=O) groups is 1. The van der Waals surface area contributed by atoms with Crippen molar-refractivity contribution in [3.63, 3.8) is 0 Å². The highest BCUT2D eigenvalue weighted by atomic mass is 19.4. The van der Waals surface area contributed by atoms with Crippen molar-refractivity contribution < 1.29 is 31.8 Å². The number of methoxy groups -OCH3 is 1. The van der Waals surface area contributed by atoms with Gasteiger partial charge in [-0.15, -0.1) is 0 Å². The second-order valence-electron chi connectivity index (χ2n) is 13.1. The number of hydrogen-bond acceptors (Lipinski definition) is 10. The van der Waals surface area contributed by atoms with Crippen molar-refractivity contribution in [1.82, 2.24) is 29.8 Å². The van der Waals surface area contributed by atoms with Gasteiger partial charge in [0, 0.05) is 63.9 Å². The predicted octanol–water partition coefficient (Wildman–Crippen LogP) is 5.81. The largest absolute Gasteiger partial charge is 0.466 e. The van der Waals surface area contributed by atoms with Crippen molar-refractivity contribution in [3.05, 3.63) is 48.0 Å². The van der Waals surface area contributed by atoms with E-state index in [1.807, 2.05) is 25.8 Å². The van der Waals surface area contributed by atoms with Gasteiger partial charge in [-0.2, -0.15) is 13.2 Å². The Kier molecular flexibility index (Phi) is 10.7. The first-order valence-corrected chi connectivity index (χ1v) is 16.1. The van der Waals surface area contributed by atoms with E-state index < -0.39 is 17.6 Å². The number of hydrogen-bond donors (Lipinski definition) is 1. The molecule has 1 fully saturated rings. The molecule has 1 N–H and O–H groups in total. The zero-order valence-electron chi connectivity index (χ0n) is 28.6. The lowest BCUT2D eigenvalue weighted by atomic mass is 9.94. The second-order valence-corrected chi connectivity index (χ2v) is 13.1. The SMILES string of the molecule is CCOC(=O)CCN1CCN(c2cnc(-c3nc4nc(-c5ccc(F)c(C(F)(F)F)c5)cc(N(C)CC(C)(C)COC)c4[nH]3)cn2)[C@H](C)C1. The van der Waals surface area contributed by atoms with Gasteiger partial charge in [-0.1, -0.05) is 13.8 Å². The summed E-state index contributed by atoms with van der Waals surface area (Å²) in [5.41, 5.74) is 0.588. The number of piperazine rings is 1. The van der Waals surface area contributed by atoms with Crippen LogP contribution in [0.1, 0.15) is 39.7 Å². The molecule has 264 valence electrons. The van der Waals surface area contributed by atoms with Gasteiger partial charge in [-0.25, -0.2) is 24.3 Å². The number of ether oxygens (including phenoxy) is 2. The van der Waals surface area contributed by atoms with Gasteiger partial charge >= 0.3 is 12.1 Å². The number of alkyl halides is 3. The van der Waals surface area contributed by atoms with Crippen molar-refractivity contribution in [3.8, 4) is 22.8 Å². The van der Waals surface area contributed by atoms with E-state index in [0.29, 0.717) is 67.8 Å². The number of imidazole rings is 1. The summed E-state index contributed by atoms with van der Waals surface area (Å²) in [6, 6.07) is 4.64. The number of aromatic nitrogens is 5. The predicted molar refractivity (Wildman–Crippen MR) is 179 cm³/mol. The normalized spacial score (nSPS) is 16.0. The molecule has 0 saturated carbocycles. The third-order valence-corrected chi connectivity index (χ3v) is 8.44. The Morgan fingerprint density at radius 2 is 1.88 bits per heavy atom. The molecule has 0 amide bonds. The molecule has 0 aliphatic carbocycles. The lowest BCUT2D eigenvalue weighted by Crippen LogP contribution is -2.52. The third kappa shape index (κ3) is 8.44. The maximum absolute atomic E-state index is 14.1. The number of esters is 1. The molecule has 0 radical (unpaired) electrons. The van der Waals surface area contributed by atoms with Gasteiger partial charge in [0.25, 0.3) is 0 Å². The summed E-state index contributed by atoms with van der Waals surface area (Å²) in [5, 5.41) is 0. The molecule has 49 heavy (non-hydrogen) atoms. The summed E-state index contributed by atoms with van der Waals surface area (Å²) >= 11 is 0. The highest BCUT2D eigenvalue weighted by Gasteiger charge is 2.34. The van der Waals surface area contributed by atoms with E-state index in [9.17, 15) is 22.4 Å². The monoisotopic (exact) mass is 686 g/mol. The van der Waals surface area contributed by atoms with E-state index in [0.717, 1.165) is 25.2 Å². The quantitative estimate of drug-likeness (QED) is 0.145. The Bertz CT molecular complexity index is 1760. The van der Waals surface area contributed by atoms with Gasteiger partial charge in [0.15, 0.2) is 11.5 Å². The van der Waals surface area contributed by atoms with Gasteiger partial charge in [-0.05, 0) is 38.1 Å². The lowest BCUT2D eigenvalue weighted by Gasteiger charge is -2.40. The van der Waals surface area contributed by atoms with Crippen LogP contribution in [0.2, 0.25) is 0 Å². The standard InChI is InChI=1S/C34H42F4N8O3/c1-7-49-29(47)10-11-45-12-13-46(21(2)18-45)28-17-39-26(16-40-28)31-42-30-27(44(5)19-33(3,4)20-48-6)15-25(41-32(30)43-31)22-8-9-24(35)23(14-22)34(36,37)38/h8-9,14-17,21H,7,10-13,18-20H2,1-6H3,(H,41,42,43)/t21-/m1/s1. The highest BCUT2D eigenvalue weighted by molar-refractivity contribution is 5.91. The van der Waals surface area contributed by atoms with Gasteiger partial charge < -0.3 is 24.3 Å². The third-order valence-electron chi connectivity index (χ3n) is 8.44. The smallest absolute Gasteiger partial charge is 0.419 e. The van der Waals surface area contributed by atoms with Gasteiger partial charge in [0.1, 0.15) is 22.8 Å². The first-order chi connectivity index (χ1) is 23.2. The number of carbonyl (C=O) groups excluding carboxylic acids is 1. The van der Waals surface area contributed by atoms with Crippen molar-refractivity contribution in [2.24, 2.45) is 5.41 Å². The summed E-state index contributed by atoms with van der Waals surface area (Å²) in [7, 11) is 3.49. The summed E-state index contributed by atoms with van der Waals surface area (Å²) in [6.07, 6.45) is -1.21. The molecule has 4 aromatic rings. The van der Waals surface area contributed by atoms with Gasteiger partial charge in [-0.3, -0.25) is 9.69 Å². The van der Waals surface area contributed by atoms with Crippen LogP contribution in [0.25, 0.3) is 33.9 Å². The number of aromatic amines is 1. The maximum Gasteiger partial charge on any atom is 0.419 e. The van der Waals surface area contributed by atoms with Gasteiger partial charge in [0.2, 0.25) is 0 Å². The molecule has 4 heterocycles. The minimum Gasteiger partial charge on any atom is -0.466 e. The van der Waals surface area contributed by atoms with Crippen LogP contribution >= 0.6 is 0 Å². The molecule has 1 aliphatic heterocycles. The van der Waals surface area contributed by atoms with Crippen LogP contribution in [-0.2, 0) is 20.4 Å². The minimum atomic E-state index is -4.87. The zero-order chi connectivity index (χ0) is 35.5. The van der Waals surface area contributed by atoms with E-state index >= 15 is 0 Å². The molecular formula is C34H42F4N8O3. The number of halogens is 4. The van der Waals surface area contributed by atoms with Crippen molar-refractivity contribution in [1.29, 1.82) is 0 Å². The number of benzene rings is 1. The Hall–Kier alpha value is -4.37. The van der Waals surface area contributed by atoms with Crippen molar-refractivity contribution in [2.45, 2.75) is 46.3 Å². The van der Waals surface area contributed by atoms with Crippen LogP contribution < -0.4 is 9.80 Å². The van der Waals surface area contributed by atoms with E-state index in [2.05, 4.69) is 41.6 Å².